The summed E-state index contributed by atoms with van der Waals surface area (Å²) in [6, 6.07) is 9.40. The van der Waals surface area contributed by atoms with Gasteiger partial charge in [-0.15, -0.1) is 11.3 Å². The molecule has 1 fully saturated rings. The molecule has 1 unspecified atom stereocenters. The maximum absolute atomic E-state index is 12.7. The van der Waals surface area contributed by atoms with Gasteiger partial charge >= 0.3 is 0 Å². The second kappa shape index (κ2) is 8.22. The highest BCUT2D eigenvalue weighted by Gasteiger charge is 2.29. The summed E-state index contributed by atoms with van der Waals surface area (Å²) in [5.41, 5.74) is 0.989. The fourth-order valence-corrected chi connectivity index (χ4v) is 4.34. The standard InChI is InChI=1S/C21H24N2O4S/c1-14(16-4-5-17-18(13-16)27-11-10-26-17)22-20(24)15-6-8-23(9-7-15)21(25)19-3-2-12-28-19/h2-5,12-15H,6-11H2,1H3,(H,22,24). The Balaban J connectivity index is 1.31. The summed E-state index contributed by atoms with van der Waals surface area (Å²) in [6.07, 6.45) is 1.38. The summed E-state index contributed by atoms with van der Waals surface area (Å²) in [5, 5.41) is 5.02. The van der Waals surface area contributed by atoms with Crippen LogP contribution in [-0.4, -0.2) is 43.0 Å². The summed E-state index contributed by atoms with van der Waals surface area (Å²) in [5.74, 6) is 1.53. The van der Waals surface area contributed by atoms with E-state index in [0.717, 1.165) is 21.9 Å². The number of thiophene rings is 1. The molecular formula is C21H24N2O4S. The van der Waals surface area contributed by atoms with Crippen LogP contribution in [0.3, 0.4) is 0 Å². The summed E-state index contributed by atoms with van der Waals surface area (Å²) in [4.78, 5) is 27.7. The van der Waals surface area contributed by atoms with Gasteiger partial charge in [-0.05, 0) is 48.9 Å². The van der Waals surface area contributed by atoms with E-state index in [0.29, 0.717) is 39.1 Å². The lowest BCUT2D eigenvalue weighted by atomic mass is 9.95. The third-order valence-corrected chi connectivity index (χ3v) is 6.17. The maximum Gasteiger partial charge on any atom is 0.263 e. The van der Waals surface area contributed by atoms with Crippen molar-refractivity contribution < 1.29 is 19.1 Å². The second-order valence-corrected chi connectivity index (χ2v) is 8.12. The molecule has 1 atom stereocenters. The number of rotatable bonds is 4. The zero-order valence-corrected chi connectivity index (χ0v) is 16.7. The molecule has 4 rings (SSSR count). The zero-order chi connectivity index (χ0) is 19.5. The van der Waals surface area contributed by atoms with Gasteiger partial charge in [-0.2, -0.15) is 0 Å². The molecule has 2 aliphatic heterocycles. The molecule has 2 amide bonds. The van der Waals surface area contributed by atoms with Gasteiger partial charge in [-0.3, -0.25) is 9.59 Å². The highest BCUT2D eigenvalue weighted by atomic mass is 32.1. The van der Waals surface area contributed by atoms with Gasteiger partial charge in [0, 0.05) is 19.0 Å². The predicted molar refractivity (Wildman–Crippen MR) is 107 cm³/mol. The molecule has 0 radical (unpaired) electrons. The lowest BCUT2D eigenvalue weighted by Crippen LogP contribution is -2.43. The van der Waals surface area contributed by atoms with Crippen LogP contribution in [0.15, 0.2) is 35.7 Å². The van der Waals surface area contributed by atoms with E-state index < -0.39 is 0 Å². The van der Waals surface area contributed by atoms with Gasteiger partial charge in [0.2, 0.25) is 5.91 Å². The first-order valence-electron chi connectivity index (χ1n) is 9.64. The molecule has 1 saturated heterocycles. The number of fused-ring (bicyclic) bond motifs is 1. The Bertz CT molecular complexity index is 844. The van der Waals surface area contributed by atoms with E-state index in [9.17, 15) is 9.59 Å². The smallest absolute Gasteiger partial charge is 0.263 e. The zero-order valence-electron chi connectivity index (χ0n) is 15.8. The fraction of sp³-hybridized carbons (Fsp3) is 0.429. The first-order chi connectivity index (χ1) is 13.6. The molecule has 0 aliphatic carbocycles. The quantitative estimate of drug-likeness (QED) is 0.856. The van der Waals surface area contributed by atoms with E-state index in [1.54, 1.807) is 0 Å². The normalized spacial score (nSPS) is 17.8. The molecule has 0 bridgehead atoms. The van der Waals surface area contributed by atoms with Crippen molar-refractivity contribution in [3.05, 3.63) is 46.2 Å². The van der Waals surface area contributed by atoms with E-state index >= 15 is 0 Å². The lowest BCUT2D eigenvalue weighted by molar-refractivity contribution is -0.127. The van der Waals surface area contributed by atoms with Crippen molar-refractivity contribution in [1.82, 2.24) is 10.2 Å². The summed E-state index contributed by atoms with van der Waals surface area (Å²) in [6.45, 7) is 4.31. The van der Waals surface area contributed by atoms with E-state index in [4.69, 9.17) is 9.47 Å². The minimum absolute atomic E-state index is 0.0469. The highest BCUT2D eigenvalue weighted by molar-refractivity contribution is 7.12. The number of ether oxygens (including phenoxy) is 2. The van der Waals surface area contributed by atoms with Crippen LogP contribution in [0.2, 0.25) is 0 Å². The van der Waals surface area contributed by atoms with Gasteiger partial charge in [0.25, 0.3) is 5.91 Å². The number of amides is 2. The molecule has 28 heavy (non-hydrogen) atoms. The monoisotopic (exact) mass is 400 g/mol. The minimum Gasteiger partial charge on any atom is -0.486 e. The number of carbonyl (C=O) groups excluding carboxylic acids is 2. The number of carbonyl (C=O) groups is 2. The number of nitrogens with zero attached hydrogens (tertiary/aromatic N) is 1. The van der Waals surface area contributed by atoms with Crippen molar-refractivity contribution in [3.8, 4) is 11.5 Å². The molecule has 2 aromatic rings. The van der Waals surface area contributed by atoms with Crippen LogP contribution in [0.1, 0.15) is 41.0 Å². The van der Waals surface area contributed by atoms with E-state index in [1.165, 1.54) is 11.3 Å². The summed E-state index contributed by atoms with van der Waals surface area (Å²) in [7, 11) is 0. The SMILES string of the molecule is CC(NC(=O)C1CCN(C(=O)c2cccs2)CC1)c1ccc2c(c1)OCCO2. The molecule has 7 heteroatoms. The van der Waals surface area contributed by atoms with Crippen LogP contribution >= 0.6 is 11.3 Å². The summed E-state index contributed by atoms with van der Waals surface area (Å²) < 4.78 is 11.2. The van der Waals surface area contributed by atoms with Crippen LogP contribution in [0.25, 0.3) is 0 Å². The molecule has 6 nitrogen and oxygen atoms in total. The van der Waals surface area contributed by atoms with Crippen LogP contribution in [-0.2, 0) is 4.79 Å². The first kappa shape index (κ1) is 18.8. The molecule has 148 valence electrons. The molecule has 0 spiro atoms. The van der Waals surface area contributed by atoms with Crippen molar-refractivity contribution >= 4 is 23.2 Å². The number of hydrogen-bond acceptors (Lipinski definition) is 5. The van der Waals surface area contributed by atoms with Gasteiger partial charge in [0.1, 0.15) is 13.2 Å². The lowest BCUT2D eigenvalue weighted by Gasteiger charge is -2.31. The second-order valence-electron chi connectivity index (χ2n) is 7.18. The van der Waals surface area contributed by atoms with Crippen LogP contribution in [0, 0.1) is 5.92 Å². The van der Waals surface area contributed by atoms with Gasteiger partial charge in [0.05, 0.1) is 10.9 Å². The van der Waals surface area contributed by atoms with Gasteiger partial charge in [-0.1, -0.05) is 12.1 Å². The number of piperidine rings is 1. The van der Waals surface area contributed by atoms with Crippen LogP contribution < -0.4 is 14.8 Å². The number of likely N-dealkylation sites (tertiary alicyclic amines) is 1. The molecule has 2 aliphatic rings. The molecule has 1 N–H and O–H groups in total. The Hall–Kier alpha value is -2.54. The first-order valence-corrected chi connectivity index (χ1v) is 10.5. The van der Waals surface area contributed by atoms with E-state index in [1.807, 2.05) is 47.5 Å². The van der Waals surface area contributed by atoms with Crippen molar-refractivity contribution in [2.75, 3.05) is 26.3 Å². The molecular weight excluding hydrogens is 376 g/mol. The third-order valence-electron chi connectivity index (χ3n) is 5.31. The van der Waals surface area contributed by atoms with Gasteiger partial charge in [-0.25, -0.2) is 0 Å². The number of benzene rings is 1. The average Bonchev–Trinajstić information content (AvgIpc) is 3.28. The fourth-order valence-electron chi connectivity index (χ4n) is 3.64. The molecule has 1 aromatic heterocycles. The van der Waals surface area contributed by atoms with Crippen LogP contribution in [0.4, 0.5) is 0 Å². The van der Waals surface area contributed by atoms with E-state index in [2.05, 4.69) is 5.32 Å². The van der Waals surface area contributed by atoms with Gasteiger partial charge in [0.15, 0.2) is 11.5 Å². The average molecular weight is 401 g/mol. The highest BCUT2D eigenvalue weighted by Crippen LogP contribution is 2.32. The minimum atomic E-state index is -0.117. The topological polar surface area (TPSA) is 67.9 Å². The van der Waals surface area contributed by atoms with Gasteiger partial charge < -0.3 is 19.7 Å². The van der Waals surface area contributed by atoms with E-state index in [-0.39, 0.29) is 23.8 Å². The molecule has 0 saturated carbocycles. The Kier molecular flexibility index (Phi) is 5.52. The van der Waals surface area contributed by atoms with Crippen molar-refractivity contribution in [3.63, 3.8) is 0 Å². The Morgan fingerprint density at radius 1 is 1.14 bits per heavy atom. The predicted octanol–water partition coefficient (Wildman–Crippen LogP) is 3.25. The number of hydrogen-bond donors (Lipinski definition) is 1. The van der Waals surface area contributed by atoms with Crippen LogP contribution in [0.5, 0.6) is 11.5 Å². The summed E-state index contributed by atoms with van der Waals surface area (Å²) >= 11 is 1.46. The van der Waals surface area contributed by atoms with Crippen molar-refractivity contribution in [2.45, 2.75) is 25.8 Å². The molecule has 1 aromatic carbocycles. The largest absolute Gasteiger partial charge is 0.486 e. The Morgan fingerprint density at radius 3 is 2.61 bits per heavy atom. The Labute approximate surface area is 168 Å². The van der Waals surface area contributed by atoms with Crippen molar-refractivity contribution in [1.29, 1.82) is 0 Å². The molecule has 3 heterocycles. The third kappa shape index (κ3) is 3.99. The number of nitrogens with one attached hydrogen (secondary N) is 1. The Morgan fingerprint density at radius 2 is 1.89 bits per heavy atom. The maximum atomic E-state index is 12.7. The van der Waals surface area contributed by atoms with Crippen molar-refractivity contribution in [2.24, 2.45) is 5.92 Å².